The first-order valence-electron chi connectivity index (χ1n) is 3.39. The van der Waals surface area contributed by atoms with Gasteiger partial charge in [-0.2, -0.15) is 0 Å². The van der Waals surface area contributed by atoms with Gasteiger partial charge in [0.05, 0.1) is 5.88 Å². The molecule has 1 heteroatoms. The van der Waals surface area contributed by atoms with Crippen molar-refractivity contribution in [3.8, 4) is 0 Å². The maximum atomic E-state index is 5.43. The van der Waals surface area contributed by atoms with Crippen molar-refractivity contribution < 1.29 is 0 Å². The van der Waals surface area contributed by atoms with Crippen molar-refractivity contribution in [1.82, 2.24) is 0 Å². The maximum absolute atomic E-state index is 5.43. The predicted octanol–water partition coefficient (Wildman–Crippen LogP) is 3.02. The summed E-state index contributed by atoms with van der Waals surface area (Å²) in [5, 5.41) is 0. The molecule has 0 atom stereocenters. The van der Waals surface area contributed by atoms with Gasteiger partial charge in [0.15, 0.2) is 0 Å². The summed E-state index contributed by atoms with van der Waals surface area (Å²) >= 11 is 5.43. The molecule has 1 aromatic carbocycles. The minimum absolute atomic E-state index is 0.950. The molecule has 0 aromatic heterocycles. The van der Waals surface area contributed by atoms with Crippen LogP contribution in [0.5, 0.6) is 0 Å². The van der Waals surface area contributed by atoms with E-state index in [1.807, 2.05) is 18.2 Å². The van der Waals surface area contributed by atoms with Gasteiger partial charge in [-0.25, -0.2) is 0 Å². The van der Waals surface area contributed by atoms with Crippen LogP contribution in [0, 0.1) is 5.88 Å². The van der Waals surface area contributed by atoms with Gasteiger partial charge >= 0.3 is 0 Å². The Bertz CT molecular complexity index is 169. The molecule has 0 aliphatic carbocycles. The Balaban J connectivity index is 2.43. The van der Waals surface area contributed by atoms with Crippen LogP contribution in [0.1, 0.15) is 12.0 Å². The van der Waals surface area contributed by atoms with Crippen molar-refractivity contribution >= 4 is 11.6 Å². The minimum atomic E-state index is 0.950. The van der Waals surface area contributed by atoms with Crippen LogP contribution in [-0.2, 0) is 6.42 Å². The molecule has 0 unspecified atom stereocenters. The lowest BCUT2D eigenvalue weighted by Crippen LogP contribution is -1.81. The number of halogens is 1. The second-order valence-electron chi connectivity index (χ2n) is 2.18. The number of hydrogen-bond donors (Lipinski definition) is 0. The van der Waals surface area contributed by atoms with Crippen LogP contribution in [-0.4, -0.2) is 0 Å². The quantitative estimate of drug-likeness (QED) is 0.626. The zero-order chi connectivity index (χ0) is 7.23. The van der Waals surface area contributed by atoms with Crippen molar-refractivity contribution in [2.45, 2.75) is 12.8 Å². The van der Waals surface area contributed by atoms with E-state index in [-0.39, 0.29) is 0 Å². The molecule has 10 heavy (non-hydrogen) atoms. The van der Waals surface area contributed by atoms with Crippen LogP contribution in [0.15, 0.2) is 30.3 Å². The van der Waals surface area contributed by atoms with E-state index in [0.29, 0.717) is 0 Å². The molecule has 1 aromatic rings. The fraction of sp³-hybridized carbons (Fsp3) is 0.222. The Labute approximate surface area is 66.8 Å². The van der Waals surface area contributed by atoms with Crippen molar-refractivity contribution in [3.63, 3.8) is 0 Å². The number of hydrogen-bond acceptors (Lipinski definition) is 0. The van der Waals surface area contributed by atoms with Gasteiger partial charge in [0.2, 0.25) is 0 Å². The fourth-order valence-electron chi connectivity index (χ4n) is 0.866. The van der Waals surface area contributed by atoms with Gasteiger partial charge in [0, 0.05) is 0 Å². The summed E-state index contributed by atoms with van der Waals surface area (Å²) in [7, 11) is 0. The fourth-order valence-corrected chi connectivity index (χ4v) is 0.975. The summed E-state index contributed by atoms with van der Waals surface area (Å²) in [6, 6.07) is 10.3. The highest BCUT2D eigenvalue weighted by Crippen LogP contribution is 2.04. The van der Waals surface area contributed by atoms with Gasteiger partial charge < -0.3 is 0 Å². The third kappa shape index (κ3) is 2.40. The largest absolute Gasteiger partial charge is 0.121 e. The van der Waals surface area contributed by atoms with E-state index in [0.717, 1.165) is 12.8 Å². The van der Waals surface area contributed by atoms with Gasteiger partial charge in [0.25, 0.3) is 0 Å². The van der Waals surface area contributed by atoms with E-state index in [1.165, 1.54) is 5.56 Å². The van der Waals surface area contributed by atoms with Crippen LogP contribution < -0.4 is 0 Å². The smallest absolute Gasteiger partial charge is 0.0503 e. The molecule has 0 fully saturated rings. The molecule has 0 nitrogen and oxygen atoms in total. The second-order valence-corrected chi connectivity index (χ2v) is 2.49. The molecule has 1 rings (SSSR count). The van der Waals surface area contributed by atoms with Crippen molar-refractivity contribution in [3.05, 3.63) is 41.8 Å². The summed E-state index contributed by atoms with van der Waals surface area (Å²) < 4.78 is 0. The highest BCUT2D eigenvalue weighted by molar-refractivity contribution is 6.23. The summed E-state index contributed by atoms with van der Waals surface area (Å²) in [6.07, 6.45) is 2.00. The van der Waals surface area contributed by atoms with E-state index in [4.69, 9.17) is 11.6 Å². The standard InChI is InChI=1S/C9H10Cl/c10-8-4-7-9-5-2-1-3-6-9/h1-3,5-6,8H,4,7H2. The molecule has 0 saturated heterocycles. The van der Waals surface area contributed by atoms with Gasteiger partial charge in [-0.15, -0.1) is 11.6 Å². The average molecular weight is 154 g/mol. The minimum Gasteiger partial charge on any atom is -0.121 e. The molecule has 0 bridgehead atoms. The Morgan fingerprint density at radius 2 is 1.90 bits per heavy atom. The van der Waals surface area contributed by atoms with Crippen molar-refractivity contribution in [1.29, 1.82) is 0 Å². The monoisotopic (exact) mass is 153 g/mol. The van der Waals surface area contributed by atoms with E-state index >= 15 is 0 Å². The molecule has 1 radical (unpaired) electrons. The first kappa shape index (κ1) is 7.62. The van der Waals surface area contributed by atoms with Crippen LogP contribution in [0.2, 0.25) is 0 Å². The Hall–Kier alpha value is -0.490. The lowest BCUT2D eigenvalue weighted by molar-refractivity contribution is 0.983. The molecule has 0 saturated carbocycles. The molecule has 0 N–H and O–H groups in total. The van der Waals surface area contributed by atoms with Crippen LogP contribution in [0.4, 0.5) is 0 Å². The van der Waals surface area contributed by atoms with Gasteiger partial charge in [-0.05, 0) is 18.4 Å². The van der Waals surface area contributed by atoms with Crippen LogP contribution in [0.25, 0.3) is 0 Å². The molecule has 53 valence electrons. The zero-order valence-electron chi connectivity index (χ0n) is 5.76. The lowest BCUT2D eigenvalue weighted by atomic mass is 10.1. The summed E-state index contributed by atoms with van der Waals surface area (Å²) in [5.41, 5.74) is 1.35. The first-order valence-corrected chi connectivity index (χ1v) is 3.83. The highest BCUT2D eigenvalue weighted by Gasteiger charge is 1.88. The third-order valence-electron chi connectivity index (χ3n) is 1.38. The molecular weight excluding hydrogens is 144 g/mol. The third-order valence-corrected chi connectivity index (χ3v) is 1.60. The van der Waals surface area contributed by atoms with E-state index in [1.54, 1.807) is 5.88 Å². The zero-order valence-corrected chi connectivity index (χ0v) is 6.51. The van der Waals surface area contributed by atoms with E-state index in [2.05, 4.69) is 12.1 Å². The Morgan fingerprint density at radius 1 is 1.20 bits per heavy atom. The number of benzene rings is 1. The van der Waals surface area contributed by atoms with E-state index < -0.39 is 0 Å². The summed E-state index contributed by atoms with van der Waals surface area (Å²) in [5.74, 6) is 1.67. The SMILES string of the molecule is Cl[CH]CCc1ccccc1. The van der Waals surface area contributed by atoms with E-state index in [9.17, 15) is 0 Å². The van der Waals surface area contributed by atoms with Crippen LogP contribution in [0.3, 0.4) is 0 Å². The first-order chi connectivity index (χ1) is 4.93. The van der Waals surface area contributed by atoms with Crippen molar-refractivity contribution in [2.24, 2.45) is 0 Å². The predicted molar refractivity (Wildman–Crippen MR) is 44.9 cm³/mol. The molecule has 0 amide bonds. The Morgan fingerprint density at radius 3 is 2.50 bits per heavy atom. The second kappa shape index (κ2) is 4.35. The van der Waals surface area contributed by atoms with Crippen LogP contribution >= 0.6 is 11.6 Å². The lowest BCUT2D eigenvalue weighted by Gasteiger charge is -1.95. The van der Waals surface area contributed by atoms with Gasteiger partial charge in [-0.1, -0.05) is 30.3 Å². The maximum Gasteiger partial charge on any atom is 0.0503 e. The molecule has 0 aliphatic rings. The summed E-state index contributed by atoms with van der Waals surface area (Å²) in [4.78, 5) is 0. The molecule has 0 aliphatic heterocycles. The Kier molecular flexibility index (Phi) is 3.31. The number of aryl methyl sites for hydroxylation is 1. The molecular formula is C9H10Cl. The highest BCUT2D eigenvalue weighted by atomic mass is 35.5. The topological polar surface area (TPSA) is 0 Å². The molecule has 0 spiro atoms. The van der Waals surface area contributed by atoms with Crippen molar-refractivity contribution in [2.75, 3.05) is 0 Å². The number of rotatable bonds is 3. The molecule has 0 heterocycles. The van der Waals surface area contributed by atoms with Gasteiger partial charge in [0.1, 0.15) is 0 Å². The average Bonchev–Trinajstić information content (AvgIpc) is 2.03. The normalized spacial score (nSPS) is 9.70. The van der Waals surface area contributed by atoms with Gasteiger partial charge in [-0.3, -0.25) is 0 Å². The summed E-state index contributed by atoms with van der Waals surface area (Å²) in [6.45, 7) is 0.